The molecule has 1 aliphatic heterocycles. The monoisotopic (exact) mass is 359 g/mol. The first kappa shape index (κ1) is 17.7. The third-order valence-electron chi connectivity index (χ3n) is 3.69. The van der Waals surface area contributed by atoms with Gasteiger partial charge in [0.2, 0.25) is 21.8 Å². The minimum absolute atomic E-state index is 0.202. The molecule has 0 aromatic heterocycles. The normalized spacial score (nSPS) is 19.3. The highest BCUT2D eigenvalue weighted by atomic mass is 35.5. The third kappa shape index (κ3) is 4.21. The zero-order chi connectivity index (χ0) is 17.2. The van der Waals surface area contributed by atoms with Gasteiger partial charge in [-0.3, -0.25) is 9.59 Å². The molecule has 1 unspecified atom stereocenters. The van der Waals surface area contributed by atoms with E-state index < -0.39 is 27.9 Å². The van der Waals surface area contributed by atoms with Crippen molar-refractivity contribution in [2.75, 3.05) is 18.1 Å². The lowest BCUT2D eigenvalue weighted by molar-refractivity contribution is -0.120. The smallest absolute Gasteiger partial charge is 0.248 e. The van der Waals surface area contributed by atoms with Crippen LogP contribution in [0.3, 0.4) is 0 Å². The molecule has 0 spiro atoms. The number of anilines is 1. The molecular formula is C14H18ClN3O4S. The van der Waals surface area contributed by atoms with E-state index in [0.717, 1.165) is 19.1 Å². The van der Waals surface area contributed by atoms with Crippen LogP contribution in [-0.4, -0.2) is 43.4 Å². The Morgan fingerprint density at radius 3 is 2.65 bits per heavy atom. The Labute approximate surface area is 139 Å². The molecule has 0 radical (unpaired) electrons. The number of hydrogen-bond donors (Lipinski definition) is 2. The van der Waals surface area contributed by atoms with E-state index in [0.29, 0.717) is 13.0 Å². The predicted molar refractivity (Wildman–Crippen MR) is 87.8 cm³/mol. The van der Waals surface area contributed by atoms with Crippen LogP contribution in [0, 0.1) is 0 Å². The van der Waals surface area contributed by atoms with Crippen LogP contribution in [0.1, 0.15) is 29.6 Å². The van der Waals surface area contributed by atoms with Gasteiger partial charge in [0, 0.05) is 12.1 Å². The van der Waals surface area contributed by atoms with Crippen LogP contribution in [0.25, 0.3) is 0 Å². The molecule has 1 atom stereocenters. The molecule has 2 rings (SSSR count). The molecule has 23 heavy (non-hydrogen) atoms. The van der Waals surface area contributed by atoms with Crippen molar-refractivity contribution in [3.8, 4) is 0 Å². The maximum absolute atomic E-state index is 12.5. The molecule has 1 aliphatic rings. The molecule has 0 saturated carbocycles. The zero-order valence-electron chi connectivity index (χ0n) is 12.6. The van der Waals surface area contributed by atoms with Crippen molar-refractivity contribution in [2.24, 2.45) is 5.73 Å². The van der Waals surface area contributed by atoms with Crippen molar-refractivity contribution >= 4 is 39.1 Å². The molecule has 0 aliphatic carbocycles. The van der Waals surface area contributed by atoms with E-state index in [1.54, 1.807) is 0 Å². The molecule has 126 valence electrons. The molecule has 3 N–H and O–H groups in total. The number of hydrogen-bond acceptors (Lipinski definition) is 4. The fraction of sp³-hybridized carbons (Fsp3) is 0.429. The number of nitrogens with zero attached hydrogens (tertiary/aromatic N) is 1. The number of amides is 2. The lowest BCUT2D eigenvalue weighted by Crippen LogP contribution is -2.49. The summed E-state index contributed by atoms with van der Waals surface area (Å²) in [5.74, 6) is -1.12. The molecule has 2 amide bonds. The van der Waals surface area contributed by atoms with Gasteiger partial charge in [-0.1, -0.05) is 18.0 Å². The highest BCUT2D eigenvalue weighted by Gasteiger charge is 2.34. The molecule has 0 bridgehead atoms. The number of benzene rings is 1. The number of carbonyl (C=O) groups excluding carboxylic acids is 2. The second-order valence-corrected chi connectivity index (χ2v) is 7.78. The van der Waals surface area contributed by atoms with E-state index in [1.807, 2.05) is 0 Å². The van der Waals surface area contributed by atoms with Crippen LogP contribution in [0.15, 0.2) is 18.2 Å². The van der Waals surface area contributed by atoms with Crippen LogP contribution >= 0.6 is 11.6 Å². The number of nitrogens with two attached hydrogens (primary N) is 1. The van der Waals surface area contributed by atoms with Crippen LogP contribution in [-0.2, 0) is 14.8 Å². The Kier molecular flexibility index (Phi) is 5.28. The van der Waals surface area contributed by atoms with Crippen molar-refractivity contribution in [3.63, 3.8) is 0 Å². The average Bonchev–Trinajstić information content (AvgIpc) is 2.48. The number of piperidine rings is 1. The quantitative estimate of drug-likeness (QED) is 0.841. The minimum atomic E-state index is -3.48. The van der Waals surface area contributed by atoms with Gasteiger partial charge in [-0.2, -0.15) is 4.31 Å². The number of sulfonamides is 1. The van der Waals surface area contributed by atoms with E-state index >= 15 is 0 Å². The predicted octanol–water partition coefficient (Wildman–Crippen LogP) is 1.19. The van der Waals surface area contributed by atoms with Crippen molar-refractivity contribution in [2.45, 2.75) is 25.3 Å². The number of halogens is 1. The van der Waals surface area contributed by atoms with E-state index in [2.05, 4.69) is 5.32 Å². The van der Waals surface area contributed by atoms with Gasteiger partial charge >= 0.3 is 0 Å². The second-order valence-electron chi connectivity index (χ2n) is 5.43. The maximum atomic E-state index is 12.5. The fourth-order valence-electron chi connectivity index (χ4n) is 2.55. The number of rotatable bonds is 4. The lowest BCUT2D eigenvalue weighted by Gasteiger charge is -2.32. The Bertz CT molecular complexity index is 736. The molecule has 7 nitrogen and oxygen atoms in total. The molecular weight excluding hydrogens is 342 g/mol. The summed E-state index contributed by atoms with van der Waals surface area (Å²) in [7, 11) is -3.48. The molecule has 1 heterocycles. The van der Waals surface area contributed by atoms with Crippen molar-refractivity contribution in [3.05, 3.63) is 28.8 Å². The number of nitrogens with one attached hydrogen (secondary N) is 1. The second kappa shape index (κ2) is 6.86. The Hall–Kier alpha value is -1.64. The summed E-state index contributed by atoms with van der Waals surface area (Å²) in [4.78, 5) is 23.7. The first-order chi connectivity index (χ1) is 10.7. The van der Waals surface area contributed by atoms with Gasteiger partial charge in [-0.15, -0.1) is 0 Å². The molecule has 1 saturated heterocycles. The van der Waals surface area contributed by atoms with E-state index in [-0.39, 0.29) is 16.3 Å². The number of carbonyl (C=O) groups is 2. The lowest BCUT2D eigenvalue weighted by atomic mass is 10.0. The van der Waals surface area contributed by atoms with Crippen LogP contribution in [0.2, 0.25) is 5.02 Å². The van der Waals surface area contributed by atoms with Crippen LogP contribution < -0.4 is 11.1 Å². The topological polar surface area (TPSA) is 110 Å². The SMILES string of the molecule is CS(=O)(=O)N1CCCCC1C(=O)Nc1cc(C(N)=O)ccc1Cl. The average molecular weight is 360 g/mol. The summed E-state index contributed by atoms with van der Waals surface area (Å²) < 4.78 is 24.8. The molecule has 9 heteroatoms. The van der Waals surface area contributed by atoms with Gasteiger partial charge in [-0.05, 0) is 31.0 Å². The van der Waals surface area contributed by atoms with Gasteiger partial charge in [-0.25, -0.2) is 8.42 Å². The van der Waals surface area contributed by atoms with Crippen LogP contribution in [0.5, 0.6) is 0 Å². The van der Waals surface area contributed by atoms with Gasteiger partial charge in [0.05, 0.1) is 17.0 Å². The molecule has 1 aromatic rings. The summed E-state index contributed by atoms with van der Waals surface area (Å²) in [5, 5.41) is 2.83. The summed E-state index contributed by atoms with van der Waals surface area (Å²) in [6.07, 6.45) is 3.00. The third-order valence-corrected chi connectivity index (χ3v) is 5.31. The van der Waals surface area contributed by atoms with E-state index in [9.17, 15) is 18.0 Å². The van der Waals surface area contributed by atoms with Crippen molar-refractivity contribution in [1.29, 1.82) is 0 Å². The number of primary amides is 1. The maximum Gasteiger partial charge on any atom is 0.248 e. The zero-order valence-corrected chi connectivity index (χ0v) is 14.2. The van der Waals surface area contributed by atoms with Crippen molar-refractivity contribution < 1.29 is 18.0 Å². The summed E-state index contributed by atoms with van der Waals surface area (Å²) >= 11 is 6.01. The van der Waals surface area contributed by atoms with Gasteiger partial charge in [0.1, 0.15) is 6.04 Å². The molecule has 1 aromatic carbocycles. The van der Waals surface area contributed by atoms with E-state index in [4.69, 9.17) is 17.3 Å². The first-order valence-electron chi connectivity index (χ1n) is 7.07. The fourth-order valence-corrected chi connectivity index (χ4v) is 3.84. The highest BCUT2D eigenvalue weighted by molar-refractivity contribution is 7.88. The largest absolute Gasteiger partial charge is 0.366 e. The van der Waals surface area contributed by atoms with Gasteiger partial charge < -0.3 is 11.1 Å². The molecule has 1 fully saturated rings. The van der Waals surface area contributed by atoms with Gasteiger partial charge in [0.25, 0.3) is 0 Å². The van der Waals surface area contributed by atoms with Crippen molar-refractivity contribution in [1.82, 2.24) is 4.31 Å². The van der Waals surface area contributed by atoms with Crippen LogP contribution in [0.4, 0.5) is 5.69 Å². The Morgan fingerprint density at radius 1 is 1.35 bits per heavy atom. The Morgan fingerprint density at radius 2 is 2.04 bits per heavy atom. The highest BCUT2D eigenvalue weighted by Crippen LogP contribution is 2.26. The summed E-state index contributed by atoms with van der Waals surface area (Å²) in [6, 6.07) is 3.49. The van der Waals surface area contributed by atoms with Gasteiger partial charge in [0.15, 0.2) is 0 Å². The summed E-state index contributed by atoms with van der Waals surface area (Å²) in [6.45, 7) is 0.311. The summed E-state index contributed by atoms with van der Waals surface area (Å²) in [5.41, 5.74) is 5.63. The minimum Gasteiger partial charge on any atom is -0.366 e. The first-order valence-corrected chi connectivity index (χ1v) is 9.30. The van der Waals surface area contributed by atoms with E-state index in [1.165, 1.54) is 22.5 Å². The standard InChI is InChI=1S/C14H18ClN3O4S/c1-23(21,22)18-7-3-2-4-12(18)14(20)17-11-8-9(13(16)19)5-6-10(11)15/h5-6,8,12H,2-4,7H2,1H3,(H2,16,19)(H,17,20). The Balaban J connectivity index is 2.24.